The van der Waals surface area contributed by atoms with Gasteiger partial charge in [0.1, 0.15) is 5.82 Å². The second-order valence-electron chi connectivity index (χ2n) is 8.36. The summed E-state index contributed by atoms with van der Waals surface area (Å²) in [5.74, 6) is -1.02. The number of carboxylic acid groups (broad SMARTS) is 1. The predicted molar refractivity (Wildman–Crippen MR) is 122 cm³/mol. The molecule has 0 bridgehead atoms. The molecule has 2 atom stereocenters. The van der Waals surface area contributed by atoms with Crippen LogP contribution in [0.3, 0.4) is 0 Å². The maximum Gasteiger partial charge on any atom is 0.305 e. The van der Waals surface area contributed by atoms with Crippen LogP contribution in [-0.2, 0) is 4.79 Å². The molecule has 0 amide bonds. The van der Waals surface area contributed by atoms with Gasteiger partial charge in [-0.25, -0.2) is 4.39 Å². The van der Waals surface area contributed by atoms with Crippen LogP contribution >= 0.6 is 0 Å². The fraction of sp³-hybridized carbons (Fsp3) is 0.308. The minimum Gasteiger partial charge on any atom is -0.481 e. The van der Waals surface area contributed by atoms with Crippen LogP contribution in [0, 0.1) is 5.82 Å². The lowest BCUT2D eigenvalue weighted by Crippen LogP contribution is -2.20. The number of carbonyl (C=O) groups is 1. The smallest absolute Gasteiger partial charge is 0.305 e. The van der Waals surface area contributed by atoms with E-state index in [1.807, 2.05) is 36.4 Å². The first kappa shape index (κ1) is 22.1. The van der Waals surface area contributed by atoms with Crippen molar-refractivity contribution in [2.45, 2.75) is 50.2 Å². The molecule has 1 fully saturated rings. The Morgan fingerprint density at radius 3 is 2.50 bits per heavy atom. The zero-order chi connectivity index (χ0) is 22.7. The van der Waals surface area contributed by atoms with Gasteiger partial charge < -0.3 is 15.3 Å². The Bertz CT molecular complexity index is 1140. The number of para-hydroxylation sites is 1. The number of pyridine rings is 1. The maximum absolute atomic E-state index is 13.6. The van der Waals surface area contributed by atoms with Crippen molar-refractivity contribution in [3.05, 3.63) is 71.7 Å². The summed E-state index contributed by atoms with van der Waals surface area (Å²) in [6.45, 7) is 0. The molecule has 0 aliphatic heterocycles. The number of hydrogen-bond acceptors (Lipinski definition) is 4. The van der Waals surface area contributed by atoms with E-state index in [-0.39, 0.29) is 18.7 Å². The topological polar surface area (TPSA) is 90.7 Å². The van der Waals surface area contributed by atoms with E-state index in [2.05, 4.69) is 0 Å². The summed E-state index contributed by atoms with van der Waals surface area (Å²) in [4.78, 5) is 15.6. The highest BCUT2D eigenvalue weighted by atomic mass is 19.1. The van der Waals surface area contributed by atoms with Gasteiger partial charge in [0, 0.05) is 28.9 Å². The summed E-state index contributed by atoms with van der Waals surface area (Å²) < 4.78 is 13.6. The number of aliphatic hydroxyl groups excluding tert-OH is 2. The molecule has 1 heterocycles. The van der Waals surface area contributed by atoms with Gasteiger partial charge in [-0.2, -0.15) is 0 Å². The number of aromatic nitrogens is 1. The number of nitrogens with zero attached hydrogens (tertiary/aromatic N) is 1. The zero-order valence-corrected chi connectivity index (χ0v) is 17.6. The number of benzene rings is 2. The second-order valence-corrected chi connectivity index (χ2v) is 8.36. The molecule has 32 heavy (non-hydrogen) atoms. The van der Waals surface area contributed by atoms with Crippen LogP contribution in [0.1, 0.15) is 49.3 Å². The van der Waals surface area contributed by atoms with E-state index in [4.69, 9.17) is 10.1 Å². The van der Waals surface area contributed by atoms with E-state index < -0.39 is 24.6 Å². The second kappa shape index (κ2) is 9.59. The highest BCUT2D eigenvalue weighted by molar-refractivity contribution is 5.99. The normalized spacial score (nSPS) is 15.8. The number of aliphatic hydroxyl groups is 2. The van der Waals surface area contributed by atoms with E-state index >= 15 is 0 Å². The molecular formula is C26H26FNO4. The van der Waals surface area contributed by atoms with Crippen molar-refractivity contribution >= 4 is 22.9 Å². The Hall–Kier alpha value is -3.09. The van der Waals surface area contributed by atoms with Crippen LogP contribution in [0.4, 0.5) is 4.39 Å². The number of carboxylic acids is 1. The Balaban J connectivity index is 1.70. The molecule has 0 radical (unpaired) electrons. The molecule has 6 heteroatoms. The molecule has 2 aromatic carbocycles. The number of halogens is 1. The molecule has 0 saturated heterocycles. The number of hydrogen-bond donors (Lipinski definition) is 3. The minimum atomic E-state index is -1.10. The monoisotopic (exact) mass is 435 g/mol. The van der Waals surface area contributed by atoms with Crippen LogP contribution < -0.4 is 0 Å². The number of aliphatic carboxylic acids is 1. The van der Waals surface area contributed by atoms with E-state index in [0.29, 0.717) is 5.92 Å². The van der Waals surface area contributed by atoms with Gasteiger partial charge in [-0.15, -0.1) is 0 Å². The molecular weight excluding hydrogens is 409 g/mol. The van der Waals surface area contributed by atoms with Crippen LogP contribution in [0.2, 0.25) is 0 Å². The van der Waals surface area contributed by atoms with Crippen molar-refractivity contribution in [3.8, 4) is 11.1 Å². The Morgan fingerprint density at radius 1 is 1.09 bits per heavy atom. The van der Waals surface area contributed by atoms with Crippen molar-refractivity contribution in [2.75, 3.05) is 0 Å². The summed E-state index contributed by atoms with van der Waals surface area (Å²) in [6.07, 6.45) is 3.85. The average Bonchev–Trinajstić information content (AvgIpc) is 3.58. The van der Waals surface area contributed by atoms with Gasteiger partial charge in [0.25, 0.3) is 0 Å². The summed E-state index contributed by atoms with van der Waals surface area (Å²) in [5.41, 5.74) is 4.72. The van der Waals surface area contributed by atoms with Crippen LogP contribution in [0.15, 0.2) is 54.6 Å². The average molecular weight is 435 g/mol. The van der Waals surface area contributed by atoms with Crippen LogP contribution in [-0.4, -0.2) is 38.5 Å². The third kappa shape index (κ3) is 5.21. The highest BCUT2D eigenvalue weighted by Gasteiger charge is 2.29. The molecule has 1 aromatic heterocycles. The van der Waals surface area contributed by atoms with E-state index in [1.54, 1.807) is 12.1 Å². The summed E-state index contributed by atoms with van der Waals surface area (Å²) in [7, 11) is 0. The van der Waals surface area contributed by atoms with E-state index in [1.165, 1.54) is 12.1 Å². The molecule has 4 rings (SSSR count). The number of fused-ring (bicyclic) bond motifs is 1. The van der Waals surface area contributed by atoms with Gasteiger partial charge in [0.15, 0.2) is 0 Å². The molecule has 3 aromatic rings. The van der Waals surface area contributed by atoms with Gasteiger partial charge in [0.05, 0.1) is 29.8 Å². The lowest BCUT2D eigenvalue weighted by Gasteiger charge is -2.16. The van der Waals surface area contributed by atoms with Crippen molar-refractivity contribution < 1.29 is 24.5 Å². The fourth-order valence-electron chi connectivity index (χ4n) is 4.05. The minimum absolute atomic E-state index is 0.00703. The van der Waals surface area contributed by atoms with Gasteiger partial charge in [-0.3, -0.25) is 9.78 Å². The lowest BCUT2D eigenvalue weighted by molar-refractivity contribution is -0.139. The first-order chi connectivity index (χ1) is 15.4. The third-order valence-electron chi connectivity index (χ3n) is 5.70. The maximum atomic E-state index is 13.6. The Labute approximate surface area is 185 Å². The first-order valence-corrected chi connectivity index (χ1v) is 10.9. The molecule has 1 saturated carbocycles. The molecule has 0 spiro atoms. The largest absolute Gasteiger partial charge is 0.481 e. The standard InChI is InChI=1S/C26H26FNO4/c27-18-12-10-16(11-13-18)25-21-5-1-2-7-23(21)28-26(17-8-9-17)22(25)6-3-4-19(29)14-20(30)15-24(31)32/h1-3,5-7,10-13,17,19-20,29-30H,4,8-9,14-15H2,(H,31,32)/b6-3+/t19-,20-/m1/s1. The van der Waals surface area contributed by atoms with E-state index in [9.17, 15) is 19.4 Å². The fourth-order valence-corrected chi connectivity index (χ4v) is 4.05. The first-order valence-electron chi connectivity index (χ1n) is 10.9. The lowest BCUT2D eigenvalue weighted by atomic mass is 9.92. The zero-order valence-electron chi connectivity index (χ0n) is 17.6. The van der Waals surface area contributed by atoms with Crippen molar-refractivity contribution in [1.82, 2.24) is 4.98 Å². The van der Waals surface area contributed by atoms with Gasteiger partial charge in [0.2, 0.25) is 0 Å². The van der Waals surface area contributed by atoms with Crippen molar-refractivity contribution in [2.24, 2.45) is 0 Å². The van der Waals surface area contributed by atoms with E-state index in [0.717, 1.165) is 46.1 Å². The van der Waals surface area contributed by atoms with Gasteiger partial charge >= 0.3 is 5.97 Å². The summed E-state index contributed by atoms with van der Waals surface area (Å²) >= 11 is 0. The number of rotatable bonds is 9. The summed E-state index contributed by atoms with van der Waals surface area (Å²) in [6, 6.07) is 14.3. The predicted octanol–water partition coefficient (Wildman–Crippen LogP) is 4.91. The Morgan fingerprint density at radius 2 is 1.81 bits per heavy atom. The molecule has 1 aliphatic rings. The van der Waals surface area contributed by atoms with Crippen LogP contribution in [0.25, 0.3) is 28.1 Å². The van der Waals surface area contributed by atoms with Crippen molar-refractivity contribution in [1.29, 1.82) is 0 Å². The quantitative estimate of drug-likeness (QED) is 0.444. The van der Waals surface area contributed by atoms with Gasteiger partial charge in [-0.1, -0.05) is 42.5 Å². The highest BCUT2D eigenvalue weighted by Crippen LogP contribution is 2.45. The molecule has 166 valence electrons. The Kier molecular flexibility index (Phi) is 6.63. The summed E-state index contributed by atoms with van der Waals surface area (Å²) in [5, 5.41) is 29.7. The molecule has 0 unspecified atom stereocenters. The molecule has 3 N–H and O–H groups in total. The van der Waals surface area contributed by atoms with Gasteiger partial charge in [-0.05, 0) is 43.0 Å². The SMILES string of the molecule is O=C(O)C[C@H](O)C[C@H](O)C/C=C/c1c(C2CC2)nc2ccccc2c1-c1ccc(F)cc1. The van der Waals surface area contributed by atoms with Crippen molar-refractivity contribution in [3.63, 3.8) is 0 Å². The third-order valence-corrected chi connectivity index (χ3v) is 5.70. The van der Waals surface area contributed by atoms with Crippen LogP contribution in [0.5, 0.6) is 0 Å². The molecule has 1 aliphatic carbocycles. The molecule has 5 nitrogen and oxygen atoms in total.